The van der Waals surface area contributed by atoms with Crippen molar-refractivity contribution in [2.24, 2.45) is 5.73 Å². The first-order valence-corrected chi connectivity index (χ1v) is 8.22. The molecular formula is C17H21N5O3. The Kier molecular flexibility index (Phi) is 4.69. The molecule has 2 aromatic rings. The van der Waals surface area contributed by atoms with Crippen LogP contribution < -0.4 is 5.73 Å². The summed E-state index contributed by atoms with van der Waals surface area (Å²) >= 11 is 0. The molecule has 25 heavy (non-hydrogen) atoms. The van der Waals surface area contributed by atoms with Crippen LogP contribution in [0, 0.1) is 0 Å². The lowest BCUT2D eigenvalue weighted by Crippen LogP contribution is -2.60. The fourth-order valence-corrected chi connectivity index (χ4v) is 3.16. The smallest absolute Gasteiger partial charge is 0.242 e. The van der Waals surface area contributed by atoms with Gasteiger partial charge in [-0.3, -0.25) is 19.1 Å². The van der Waals surface area contributed by atoms with E-state index < -0.39 is 11.9 Å². The number of amides is 3. The number of nitrogens with two attached hydrogens (primary N) is 1. The van der Waals surface area contributed by atoms with Gasteiger partial charge in [-0.25, -0.2) is 0 Å². The Morgan fingerprint density at radius 2 is 2.00 bits per heavy atom. The zero-order valence-corrected chi connectivity index (χ0v) is 14.1. The molecule has 2 N–H and O–H groups in total. The highest BCUT2D eigenvalue weighted by atomic mass is 16.2. The minimum atomic E-state index is -0.778. The zero-order chi connectivity index (χ0) is 18.0. The van der Waals surface area contributed by atoms with Gasteiger partial charge in [0.1, 0.15) is 6.04 Å². The normalized spacial score (nSPS) is 17.7. The van der Waals surface area contributed by atoms with Crippen molar-refractivity contribution in [2.45, 2.75) is 25.9 Å². The van der Waals surface area contributed by atoms with Gasteiger partial charge in [-0.05, 0) is 6.07 Å². The van der Waals surface area contributed by atoms with Crippen molar-refractivity contribution in [1.82, 2.24) is 19.6 Å². The molecule has 0 saturated carbocycles. The molecule has 0 bridgehead atoms. The van der Waals surface area contributed by atoms with Gasteiger partial charge in [-0.15, -0.1) is 0 Å². The van der Waals surface area contributed by atoms with Gasteiger partial charge in [-0.1, -0.05) is 18.2 Å². The van der Waals surface area contributed by atoms with Crippen molar-refractivity contribution in [3.05, 3.63) is 30.5 Å². The summed E-state index contributed by atoms with van der Waals surface area (Å²) in [6.07, 6.45) is 1.98. The summed E-state index contributed by atoms with van der Waals surface area (Å²) in [6, 6.07) is 6.99. The molecule has 0 radical (unpaired) electrons. The summed E-state index contributed by atoms with van der Waals surface area (Å²) in [7, 11) is 0. The highest BCUT2D eigenvalue weighted by Crippen LogP contribution is 2.15. The minimum absolute atomic E-state index is 0.124. The van der Waals surface area contributed by atoms with Gasteiger partial charge in [0.2, 0.25) is 17.7 Å². The van der Waals surface area contributed by atoms with E-state index in [0.717, 1.165) is 10.9 Å². The number of benzene rings is 1. The molecule has 1 saturated heterocycles. The lowest BCUT2D eigenvalue weighted by Gasteiger charge is -2.39. The van der Waals surface area contributed by atoms with Crippen LogP contribution in [0.3, 0.4) is 0 Å². The third kappa shape index (κ3) is 3.47. The number of primary amides is 1. The van der Waals surface area contributed by atoms with Gasteiger partial charge in [0.05, 0.1) is 24.8 Å². The second kappa shape index (κ2) is 6.92. The van der Waals surface area contributed by atoms with Gasteiger partial charge >= 0.3 is 0 Å². The molecule has 1 aliphatic rings. The number of aryl methyl sites for hydroxylation is 1. The topological polar surface area (TPSA) is 102 Å². The van der Waals surface area contributed by atoms with E-state index in [1.165, 1.54) is 11.8 Å². The van der Waals surface area contributed by atoms with Crippen molar-refractivity contribution >= 4 is 28.6 Å². The van der Waals surface area contributed by atoms with Crippen molar-refractivity contribution in [1.29, 1.82) is 0 Å². The van der Waals surface area contributed by atoms with Crippen LogP contribution in [0.25, 0.3) is 10.9 Å². The van der Waals surface area contributed by atoms with E-state index in [-0.39, 0.29) is 24.8 Å². The number of fused-ring (bicyclic) bond motifs is 1. The van der Waals surface area contributed by atoms with Gasteiger partial charge in [-0.2, -0.15) is 5.10 Å². The lowest BCUT2D eigenvalue weighted by atomic mass is 10.1. The summed E-state index contributed by atoms with van der Waals surface area (Å²) in [5, 5.41) is 5.32. The minimum Gasteiger partial charge on any atom is -0.368 e. The SMILES string of the molecule is CC(=O)N1CCN(C(=O)CCn2ncc3ccccc32)C(C(N)=O)C1. The highest BCUT2D eigenvalue weighted by Gasteiger charge is 2.34. The van der Waals surface area contributed by atoms with Crippen LogP contribution in [-0.2, 0) is 20.9 Å². The quantitative estimate of drug-likeness (QED) is 0.842. The molecule has 8 nitrogen and oxygen atoms in total. The Labute approximate surface area is 145 Å². The Morgan fingerprint density at radius 3 is 2.72 bits per heavy atom. The standard InChI is InChI=1S/C17H21N5O3/c1-12(23)20-8-9-21(15(11-20)17(18)25)16(24)6-7-22-14-5-3-2-4-13(14)10-19-22/h2-5,10,15H,6-9,11H2,1H3,(H2,18,25). The monoisotopic (exact) mass is 343 g/mol. The summed E-state index contributed by atoms with van der Waals surface area (Å²) in [5.41, 5.74) is 6.40. The van der Waals surface area contributed by atoms with Gasteiger partial charge < -0.3 is 15.5 Å². The Bertz CT molecular complexity index is 815. The van der Waals surface area contributed by atoms with Crippen LogP contribution in [0.2, 0.25) is 0 Å². The Morgan fingerprint density at radius 1 is 1.24 bits per heavy atom. The third-order valence-electron chi connectivity index (χ3n) is 4.56. The number of carbonyl (C=O) groups is 3. The molecule has 8 heteroatoms. The molecule has 3 rings (SSSR count). The van der Waals surface area contributed by atoms with Crippen LogP contribution >= 0.6 is 0 Å². The molecule has 1 fully saturated rings. The predicted molar refractivity (Wildman–Crippen MR) is 91.3 cm³/mol. The van der Waals surface area contributed by atoms with Gasteiger partial charge in [0.25, 0.3) is 0 Å². The average Bonchev–Trinajstić information content (AvgIpc) is 3.02. The molecule has 1 aliphatic heterocycles. The lowest BCUT2D eigenvalue weighted by molar-refractivity contribution is -0.147. The largest absolute Gasteiger partial charge is 0.368 e. The molecular weight excluding hydrogens is 322 g/mol. The molecule has 1 aromatic heterocycles. The summed E-state index contributed by atoms with van der Waals surface area (Å²) in [4.78, 5) is 38.8. The highest BCUT2D eigenvalue weighted by molar-refractivity contribution is 5.88. The number of hydrogen-bond acceptors (Lipinski definition) is 4. The molecule has 3 amide bonds. The number of nitrogens with zero attached hydrogens (tertiary/aromatic N) is 4. The average molecular weight is 343 g/mol. The molecule has 1 unspecified atom stereocenters. The maximum Gasteiger partial charge on any atom is 0.242 e. The van der Waals surface area contributed by atoms with Crippen molar-refractivity contribution in [3.8, 4) is 0 Å². The molecule has 0 aliphatic carbocycles. The zero-order valence-electron chi connectivity index (χ0n) is 14.1. The van der Waals surface area contributed by atoms with Crippen LogP contribution in [0.5, 0.6) is 0 Å². The number of hydrogen-bond donors (Lipinski definition) is 1. The van der Waals surface area contributed by atoms with Crippen LogP contribution in [0.1, 0.15) is 13.3 Å². The summed E-state index contributed by atoms with van der Waals surface area (Å²) in [5.74, 6) is -0.878. The first-order valence-electron chi connectivity index (χ1n) is 8.22. The Balaban J connectivity index is 1.67. The van der Waals surface area contributed by atoms with Crippen molar-refractivity contribution < 1.29 is 14.4 Å². The summed E-state index contributed by atoms with van der Waals surface area (Å²) < 4.78 is 1.78. The first-order chi connectivity index (χ1) is 12.0. The number of para-hydroxylation sites is 1. The van der Waals surface area contributed by atoms with E-state index >= 15 is 0 Å². The summed E-state index contributed by atoms with van der Waals surface area (Å²) in [6.45, 7) is 2.74. The van der Waals surface area contributed by atoms with E-state index in [1.807, 2.05) is 24.3 Å². The number of rotatable bonds is 4. The number of carbonyl (C=O) groups excluding carboxylic acids is 3. The van der Waals surface area contributed by atoms with Crippen molar-refractivity contribution in [2.75, 3.05) is 19.6 Å². The van der Waals surface area contributed by atoms with Crippen LogP contribution in [0.4, 0.5) is 0 Å². The number of piperazine rings is 1. The second-order valence-electron chi connectivity index (χ2n) is 6.15. The Hall–Kier alpha value is -2.90. The predicted octanol–water partition coefficient (Wildman–Crippen LogP) is -0.0290. The third-order valence-corrected chi connectivity index (χ3v) is 4.56. The van der Waals surface area contributed by atoms with Crippen LogP contribution in [0.15, 0.2) is 30.5 Å². The van der Waals surface area contributed by atoms with Crippen molar-refractivity contribution in [3.63, 3.8) is 0 Å². The van der Waals surface area contributed by atoms with E-state index in [4.69, 9.17) is 5.73 Å². The molecule has 132 valence electrons. The van der Waals surface area contributed by atoms with E-state index in [1.54, 1.807) is 15.8 Å². The maximum absolute atomic E-state index is 12.6. The molecule has 1 atom stereocenters. The maximum atomic E-state index is 12.6. The molecule has 0 spiro atoms. The van der Waals surface area contributed by atoms with Crippen LogP contribution in [-0.4, -0.2) is 63.0 Å². The van der Waals surface area contributed by atoms with E-state index in [9.17, 15) is 14.4 Å². The fraction of sp³-hybridized carbons (Fsp3) is 0.412. The first kappa shape index (κ1) is 16.9. The fourth-order valence-electron chi connectivity index (χ4n) is 3.16. The molecule has 2 heterocycles. The second-order valence-corrected chi connectivity index (χ2v) is 6.15. The van der Waals surface area contributed by atoms with E-state index in [2.05, 4.69) is 5.10 Å². The van der Waals surface area contributed by atoms with Gasteiger partial charge in [0, 0.05) is 31.8 Å². The molecule has 1 aromatic carbocycles. The van der Waals surface area contributed by atoms with Gasteiger partial charge in [0.15, 0.2) is 0 Å². The number of aromatic nitrogens is 2. The van der Waals surface area contributed by atoms with E-state index in [0.29, 0.717) is 19.6 Å².